The number of halogens is 1. The van der Waals surface area contributed by atoms with Crippen molar-refractivity contribution in [1.29, 1.82) is 0 Å². The van der Waals surface area contributed by atoms with E-state index in [4.69, 9.17) is 4.52 Å². The van der Waals surface area contributed by atoms with E-state index < -0.39 is 32.3 Å². The molecule has 9 heteroatoms. The van der Waals surface area contributed by atoms with Crippen LogP contribution >= 0.6 is 0 Å². The van der Waals surface area contributed by atoms with Crippen molar-refractivity contribution in [2.45, 2.75) is 49.7 Å². The molecule has 0 aliphatic carbocycles. The van der Waals surface area contributed by atoms with E-state index >= 15 is 0 Å². The number of benzene rings is 1. The third-order valence-corrected chi connectivity index (χ3v) is 8.35. The highest BCUT2D eigenvalue weighted by Gasteiger charge is 2.40. The number of thiol groups is 1. The minimum atomic E-state index is -3.24. The van der Waals surface area contributed by atoms with Gasteiger partial charge < -0.3 is 4.52 Å². The maximum absolute atomic E-state index is 13.3. The van der Waals surface area contributed by atoms with Gasteiger partial charge in [-0.15, -0.1) is 0 Å². The Morgan fingerprint density at radius 1 is 1.07 bits per heavy atom. The van der Waals surface area contributed by atoms with Crippen molar-refractivity contribution in [3.05, 3.63) is 47.6 Å². The third-order valence-electron chi connectivity index (χ3n) is 4.73. The lowest BCUT2D eigenvalue weighted by Crippen LogP contribution is -2.55. The van der Waals surface area contributed by atoms with Crippen LogP contribution in [0.2, 0.25) is 0 Å². The van der Waals surface area contributed by atoms with Crippen molar-refractivity contribution in [3.63, 3.8) is 0 Å². The number of nitrogens with zero attached hydrogens (tertiary/aromatic N) is 1. The summed E-state index contributed by atoms with van der Waals surface area (Å²) in [5, 5.41) is 3.85. The van der Waals surface area contributed by atoms with Crippen LogP contribution in [-0.2, 0) is 20.1 Å². The van der Waals surface area contributed by atoms with Gasteiger partial charge in [0.15, 0.2) is 0 Å². The number of rotatable bonds is 4. The van der Waals surface area contributed by atoms with E-state index in [9.17, 15) is 18.2 Å². The minimum absolute atomic E-state index is 0.0544. The summed E-state index contributed by atoms with van der Waals surface area (Å²) in [6.45, 7) is 8.77. The topological polar surface area (TPSA) is 101 Å². The zero-order valence-electron chi connectivity index (χ0n) is 16.8. The number of carbonyl (C=O) groups excluding carboxylic acids is 2. The lowest BCUT2D eigenvalue weighted by molar-refractivity contribution is -0.123. The van der Waals surface area contributed by atoms with Crippen molar-refractivity contribution in [2.75, 3.05) is 6.26 Å². The fraction of sp³-hybridized carbons (Fsp3) is 0.421. The number of hydrazine groups is 1. The number of carbonyl (C=O) groups is 2. The van der Waals surface area contributed by atoms with E-state index in [1.54, 1.807) is 0 Å². The number of hydrogen-bond donors (Lipinski definition) is 3. The van der Waals surface area contributed by atoms with Gasteiger partial charge in [0.1, 0.15) is 10.6 Å². The van der Waals surface area contributed by atoms with Gasteiger partial charge in [-0.1, -0.05) is 35.9 Å². The molecule has 2 amide bonds. The van der Waals surface area contributed by atoms with Crippen LogP contribution in [0.15, 0.2) is 39.8 Å². The Bertz CT molecular complexity index is 929. The average molecular weight is 411 g/mol. The van der Waals surface area contributed by atoms with Crippen LogP contribution in [0.3, 0.4) is 0 Å². The lowest BCUT2D eigenvalue weighted by atomic mass is 9.92. The molecule has 0 atom stereocenters. The fourth-order valence-electron chi connectivity index (χ4n) is 2.31. The maximum Gasteiger partial charge on any atom is 0.308 e. The Morgan fingerprint density at radius 2 is 1.64 bits per heavy atom. The molecule has 2 aromatic rings. The predicted molar refractivity (Wildman–Crippen MR) is 105 cm³/mol. The van der Waals surface area contributed by atoms with Crippen molar-refractivity contribution in [1.82, 2.24) is 16.0 Å². The van der Waals surface area contributed by atoms with E-state index in [2.05, 4.69) is 16.0 Å². The van der Waals surface area contributed by atoms with Crippen LogP contribution in [-0.4, -0.2) is 32.2 Å². The van der Waals surface area contributed by atoms with Crippen LogP contribution < -0.4 is 10.9 Å². The summed E-state index contributed by atoms with van der Waals surface area (Å²) in [5.74, 6) is -1.84. The molecule has 28 heavy (non-hydrogen) atoms. The van der Waals surface area contributed by atoms with Gasteiger partial charge >= 0.3 is 5.91 Å². The van der Waals surface area contributed by atoms with Crippen molar-refractivity contribution in [2.24, 2.45) is 0 Å². The molecule has 2 N–H and O–H groups in total. The number of nitrogens with one attached hydrogen (secondary N) is 2. The molecule has 154 valence electrons. The Kier molecular flexibility index (Phi) is 5.79. The first kappa shape index (κ1) is 21.7. The Hall–Kier alpha value is -2.55. The summed E-state index contributed by atoms with van der Waals surface area (Å²) in [6.07, 6.45) is 1.45. The molecule has 1 aromatic carbocycles. The standard InChI is InChI=1S/C19H26FN3O4S/c1-18(2,3)15-11-14(27-23-15)16(24)21-22-17(25)19(4,5)28(6,26)13-9-7-12(20)8-10-13/h7-11,28H,1-6H3,(H,21,24)(H,22,25). The normalized spacial score (nSPS) is 13.1. The molecular weight excluding hydrogens is 385 g/mol. The number of hydrogen-bond acceptors (Lipinski definition) is 5. The largest absolute Gasteiger partial charge is 0.351 e. The second-order valence-electron chi connectivity index (χ2n) is 8.19. The van der Waals surface area contributed by atoms with Gasteiger partial charge in [-0.3, -0.25) is 24.6 Å². The molecule has 0 saturated carbocycles. The second-order valence-corrected chi connectivity index (χ2v) is 11.7. The molecule has 2 rings (SSSR count). The average Bonchev–Trinajstić information content (AvgIpc) is 3.10. The molecule has 7 nitrogen and oxygen atoms in total. The van der Waals surface area contributed by atoms with E-state index in [1.807, 2.05) is 20.8 Å². The van der Waals surface area contributed by atoms with E-state index in [-0.39, 0.29) is 11.2 Å². The van der Waals surface area contributed by atoms with E-state index in [0.29, 0.717) is 10.6 Å². The van der Waals surface area contributed by atoms with Gasteiger partial charge in [0.25, 0.3) is 5.91 Å². The van der Waals surface area contributed by atoms with Gasteiger partial charge in [-0.05, 0) is 44.4 Å². The highest BCUT2D eigenvalue weighted by molar-refractivity contribution is 8.04. The molecule has 0 unspecified atom stereocenters. The number of amides is 2. The van der Waals surface area contributed by atoms with Gasteiger partial charge in [-0.2, -0.15) is 0 Å². The molecule has 0 saturated heterocycles. The summed E-state index contributed by atoms with van der Waals surface area (Å²) in [4.78, 5) is 25.2. The zero-order chi connectivity index (χ0) is 21.3. The summed E-state index contributed by atoms with van der Waals surface area (Å²) < 4.78 is 30.1. The van der Waals surface area contributed by atoms with Gasteiger partial charge in [0.05, 0.1) is 5.69 Å². The van der Waals surface area contributed by atoms with E-state index in [0.717, 1.165) is 0 Å². The highest BCUT2D eigenvalue weighted by Crippen LogP contribution is 2.31. The Labute approximate surface area is 164 Å². The Morgan fingerprint density at radius 3 is 2.14 bits per heavy atom. The molecule has 1 aromatic heterocycles. The van der Waals surface area contributed by atoms with Gasteiger partial charge in [0, 0.05) is 16.4 Å². The zero-order valence-corrected chi connectivity index (χ0v) is 17.7. The molecule has 0 aliphatic rings. The van der Waals surface area contributed by atoms with Crippen LogP contribution in [0.5, 0.6) is 0 Å². The summed E-state index contributed by atoms with van der Waals surface area (Å²) in [7, 11) is -3.24. The van der Waals surface area contributed by atoms with E-state index in [1.165, 1.54) is 50.4 Å². The molecule has 0 aliphatic heterocycles. The first-order chi connectivity index (χ1) is 12.8. The van der Waals surface area contributed by atoms with Crippen LogP contribution in [0.1, 0.15) is 50.9 Å². The maximum atomic E-state index is 13.3. The van der Waals surface area contributed by atoms with Gasteiger partial charge in [-0.25, -0.2) is 4.39 Å². The van der Waals surface area contributed by atoms with Gasteiger partial charge in [0.2, 0.25) is 5.76 Å². The summed E-state index contributed by atoms with van der Waals surface area (Å²) in [5.41, 5.74) is 4.83. The summed E-state index contributed by atoms with van der Waals surface area (Å²) >= 11 is 0. The highest BCUT2D eigenvalue weighted by atomic mass is 32.2. The molecule has 0 spiro atoms. The van der Waals surface area contributed by atoms with Crippen molar-refractivity contribution >= 4 is 21.7 Å². The summed E-state index contributed by atoms with van der Waals surface area (Å²) in [6, 6.07) is 6.67. The molecule has 0 fully saturated rings. The first-order valence-corrected chi connectivity index (χ1v) is 10.8. The first-order valence-electron chi connectivity index (χ1n) is 8.68. The Balaban J connectivity index is 2.10. The predicted octanol–water partition coefficient (Wildman–Crippen LogP) is 2.36. The monoisotopic (exact) mass is 411 g/mol. The third kappa shape index (κ3) is 4.30. The molecule has 0 radical (unpaired) electrons. The lowest BCUT2D eigenvalue weighted by Gasteiger charge is -2.35. The molecule has 0 bridgehead atoms. The van der Waals surface area contributed by atoms with Crippen LogP contribution in [0, 0.1) is 5.82 Å². The number of aromatic nitrogens is 1. The minimum Gasteiger partial charge on any atom is -0.351 e. The van der Waals surface area contributed by atoms with Crippen LogP contribution in [0.4, 0.5) is 4.39 Å². The quantitative estimate of drug-likeness (QED) is 0.530. The second kappa shape index (κ2) is 7.46. The molecule has 1 heterocycles. The van der Waals surface area contributed by atoms with Crippen LogP contribution in [0.25, 0.3) is 0 Å². The fourth-order valence-corrected chi connectivity index (χ4v) is 4.11. The molecular formula is C19H26FN3O4S. The van der Waals surface area contributed by atoms with Crippen molar-refractivity contribution < 1.29 is 22.7 Å². The smallest absolute Gasteiger partial charge is 0.308 e. The SMILES string of the molecule is CC(C)(C)c1cc(C(=O)NNC(=O)C(C)(C)[SH](C)(=O)c2ccc(F)cc2)on1. The van der Waals surface area contributed by atoms with Crippen molar-refractivity contribution in [3.8, 4) is 0 Å².